The molecule has 0 saturated heterocycles. The van der Waals surface area contributed by atoms with E-state index in [2.05, 4.69) is 233 Å². The third kappa shape index (κ3) is 5.11. The van der Waals surface area contributed by atoms with Crippen molar-refractivity contribution in [3.63, 3.8) is 0 Å². The van der Waals surface area contributed by atoms with Gasteiger partial charge in [0, 0.05) is 16.7 Å². The van der Waals surface area contributed by atoms with E-state index in [0.29, 0.717) is 0 Å². The molecular weight excluding hydrogens is 884 g/mol. The van der Waals surface area contributed by atoms with Gasteiger partial charge in [0.05, 0.1) is 3.42 Å². The van der Waals surface area contributed by atoms with Crippen molar-refractivity contribution in [3.05, 3.63) is 242 Å². The predicted molar refractivity (Wildman–Crippen MR) is 277 cm³/mol. The van der Waals surface area contributed by atoms with E-state index >= 15 is 0 Å². The topological polar surface area (TPSA) is 0 Å². The fourth-order valence-electron chi connectivity index (χ4n) is 12.8. The Balaban J connectivity index is 1.16. The Morgan fingerprint density at radius 3 is 1.72 bits per heavy atom. The van der Waals surface area contributed by atoms with Gasteiger partial charge in [0.1, 0.15) is 0 Å². The molecule has 2 unspecified atom stereocenters. The van der Waals surface area contributed by atoms with Crippen molar-refractivity contribution >= 4 is 50.1 Å². The highest BCUT2D eigenvalue weighted by Gasteiger charge is 2.43. The number of hydrogen-bond acceptors (Lipinski definition) is 0. The van der Waals surface area contributed by atoms with Crippen LogP contribution in [0.4, 0.5) is 0 Å². The normalized spacial score (nSPS) is 20.0. The molecule has 2 atom stereocenters. The fraction of sp³-hybridized carbons (Fsp3) is 0.175. The molecule has 0 amide bonds. The summed E-state index contributed by atoms with van der Waals surface area (Å²) in [6.07, 6.45) is 7.08. The maximum absolute atomic E-state index is 2.79. The van der Waals surface area contributed by atoms with E-state index in [1.165, 1.54) is 127 Å². The Hall–Kier alpha value is -6.03. The summed E-state index contributed by atoms with van der Waals surface area (Å²) in [7, 11) is 0. The SMILES string of the molecule is CCC1(I)c2ccccc2-c2cc3c(cc21)=C(c1ccc2c(c1)C(C)(C)c1ccccc1-2)C1=CC(c2cccc4ccccc24)=CCC1C=3c1ccc2c(c1)C(C)(C)c1ccccc1-2. The first-order chi connectivity index (χ1) is 31.1. The van der Waals surface area contributed by atoms with Crippen LogP contribution in [0, 0.1) is 5.92 Å². The van der Waals surface area contributed by atoms with Crippen molar-refractivity contribution in [2.24, 2.45) is 5.92 Å². The van der Waals surface area contributed by atoms with Crippen LogP contribution in [-0.4, -0.2) is 0 Å². The fourth-order valence-corrected chi connectivity index (χ4v) is 13.7. The summed E-state index contributed by atoms with van der Waals surface area (Å²) in [5.41, 5.74) is 26.1. The Morgan fingerprint density at radius 1 is 0.484 bits per heavy atom. The van der Waals surface area contributed by atoms with Crippen LogP contribution in [0.1, 0.15) is 97.5 Å². The Morgan fingerprint density at radius 2 is 1.03 bits per heavy atom. The van der Waals surface area contributed by atoms with Gasteiger partial charge >= 0.3 is 0 Å². The molecule has 8 aromatic rings. The molecule has 0 aromatic heterocycles. The second kappa shape index (κ2) is 13.5. The first-order valence-corrected chi connectivity index (χ1v) is 24.3. The van der Waals surface area contributed by atoms with E-state index in [9.17, 15) is 0 Å². The van der Waals surface area contributed by atoms with Gasteiger partial charge in [-0.1, -0.05) is 209 Å². The number of alkyl halides is 1. The number of rotatable bonds is 4. The molecule has 5 aliphatic rings. The van der Waals surface area contributed by atoms with Gasteiger partial charge in [0.25, 0.3) is 0 Å². The summed E-state index contributed by atoms with van der Waals surface area (Å²) in [5, 5.41) is 5.32. The summed E-state index contributed by atoms with van der Waals surface area (Å²) in [6, 6.07) is 63.2. The average molecular weight is 933 g/mol. The molecule has 0 nitrogen and oxygen atoms in total. The second-order valence-corrected chi connectivity index (χ2v) is 21.7. The van der Waals surface area contributed by atoms with Crippen LogP contribution in [0.3, 0.4) is 0 Å². The van der Waals surface area contributed by atoms with E-state index in [1.54, 1.807) is 0 Å². The molecule has 1 heteroatoms. The van der Waals surface area contributed by atoms with Crippen molar-refractivity contribution in [3.8, 4) is 33.4 Å². The first-order valence-electron chi connectivity index (χ1n) is 23.2. The summed E-state index contributed by atoms with van der Waals surface area (Å²) in [5.74, 6) is 0.162. The van der Waals surface area contributed by atoms with Gasteiger partial charge < -0.3 is 0 Å². The highest BCUT2D eigenvalue weighted by molar-refractivity contribution is 14.1. The molecule has 5 aliphatic carbocycles. The number of halogens is 1. The lowest BCUT2D eigenvalue weighted by atomic mass is 9.69. The third-order valence-electron chi connectivity index (χ3n) is 16.0. The summed E-state index contributed by atoms with van der Waals surface area (Å²) < 4.78 is -0.124. The van der Waals surface area contributed by atoms with Gasteiger partial charge in [-0.3, -0.25) is 0 Å². The summed E-state index contributed by atoms with van der Waals surface area (Å²) in [4.78, 5) is 0. The Labute approximate surface area is 390 Å². The molecule has 64 heavy (non-hydrogen) atoms. The minimum Gasteiger partial charge on any atom is -0.0757 e. The van der Waals surface area contributed by atoms with Crippen LogP contribution in [-0.2, 0) is 14.3 Å². The van der Waals surface area contributed by atoms with Crippen molar-refractivity contribution in [2.75, 3.05) is 0 Å². The maximum atomic E-state index is 2.79. The van der Waals surface area contributed by atoms with Crippen LogP contribution in [0.25, 0.3) is 60.9 Å². The highest BCUT2D eigenvalue weighted by atomic mass is 127. The van der Waals surface area contributed by atoms with Gasteiger partial charge in [-0.05, 0) is 164 Å². The van der Waals surface area contributed by atoms with Crippen LogP contribution < -0.4 is 10.4 Å². The van der Waals surface area contributed by atoms with E-state index in [4.69, 9.17) is 0 Å². The zero-order chi connectivity index (χ0) is 43.3. The Kier molecular flexibility index (Phi) is 8.11. The zero-order valence-corrected chi connectivity index (χ0v) is 39.3. The molecule has 0 N–H and O–H groups in total. The Bertz CT molecular complexity index is 3580. The van der Waals surface area contributed by atoms with Crippen molar-refractivity contribution in [2.45, 2.75) is 61.7 Å². The number of hydrogen-bond donors (Lipinski definition) is 0. The van der Waals surface area contributed by atoms with Crippen LogP contribution in [0.5, 0.6) is 0 Å². The molecule has 0 radical (unpaired) electrons. The second-order valence-electron chi connectivity index (χ2n) is 19.9. The highest BCUT2D eigenvalue weighted by Crippen LogP contribution is 2.56. The van der Waals surface area contributed by atoms with Gasteiger partial charge in [0.15, 0.2) is 0 Å². The molecule has 308 valence electrons. The number of benzene rings is 8. The lowest BCUT2D eigenvalue weighted by Crippen LogP contribution is -2.39. The van der Waals surface area contributed by atoms with Crippen molar-refractivity contribution < 1.29 is 0 Å². The molecule has 0 aliphatic heterocycles. The van der Waals surface area contributed by atoms with Crippen LogP contribution in [0.2, 0.25) is 0 Å². The third-order valence-corrected chi connectivity index (χ3v) is 18.0. The summed E-state index contributed by atoms with van der Waals surface area (Å²) >= 11 is 2.79. The predicted octanol–water partition coefficient (Wildman–Crippen LogP) is 15.0. The zero-order valence-electron chi connectivity index (χ0n) is 37.1. The molecule has 0 fully saturated rings. The molecule has 8 aromatic carbocycles. The first kappa shape index (κ1) is 38.4. The smallest absolute Gasteiger partial charge is 0.0728 e. The van der Waals surface area contributed by atoms with E-state index < -0.39 is 0 Å². The lowest BCUT2D eigenvalue weighted by Gasteiger charge is -2.34. The quantitative estimate of drug-likeness (QED) is 0.122. The van der Waals surface area contributed by atoms with E-state index in [1.807, 2.05) is 0 Å². The number of allylic oxidation sites excluding steroid dienone is 4. The average Bonchev–Trinajstić information content (AvgIpc) is 3.82. The molecule has 0 saturated carbocycles. The largest absolute Gasteiger partial charge is 0.0757 e. The minimum atomic E-state index is -0.124. The van der Waals surface area contributed by atoms with Crippen molar-refractivity contribution in [1.82, 2.24) is 0 Å². The molecule has 0 spiro atoms. The van der Waals surface area contributed by atoms with Crippen molar-refractivity contribution in [1.29, 1.82) is 0 Å². The molecular formula is C63H49I. The molecule has 0 bridgehead atoms. The van der Waals surface area contributed by atoms with E-state index in [-0.39, 0.29) is 20.2 Å². The van der Waals surface area contributed by atoms with Gasteiger partial charge in [-0.15, -0.1) is 0 Å². The van der Waals surface area contributed by atoms with Crippen LogP contribution in [0.15, 0.2) is 182 Å². The van der Waals surface area contributed by atoms with Gasteiger partial charge in [0.2, 0.25) is 0 Å². The van der Waals surface area contributed by atoms with Gasteiger partial charge in [-0.25, -0.2) is 0 Å². The lowest BCUT2D eigenvalue weighted by molar-refractivity contribution is 0.659. The van der Waals surface area contributed by atoms with Gasteiger partial charge in [-0.2, -0.15) is 0 Å². The maximum Gasteiger partial charge on any atom is 0.0728 e. The summed E-state index contributed by atoms with van der Waals surface area (Å²) in [6.45, 7) is 12.0. The standard InChI is InChI=1S/C63H49I/c1-6-63(64)55-25-14-11-21-45(55)49-35-51-52(36-58(49)63)60(40-28-30-47-44-20-10-13-24-54(44)62(4,5)57(47)34-40)50-32-38(42-22-15-17-37-16-7-8-18-41(37)42)26-31-48(50)59(51)39-27-29-46-43-19-9-12-23-53(43)61(2,3)56(46)33-39/h7-30,32-36,48H,6,31H2,1-5H3. The number of fused-ring (bicyclic) bond motifs is 12. The molecule has 13 rings (SSSR count). The van der Waals surface area contributed by atoms with Crippen LogP contribution >= 0.6 is 22.6 Å². The van der Waals surface area contributed by atoms with E-state index in [0.717, 1.165) is 12.8 Å². The monoisotopic (exact) mass is 932 g/mol. The minimum absolute atomic E-state index is 0.0996. The molecule has 0 heterocycles.